The molecule has 8 heteroatoms. The lowest BCUT2D eigenvalue weighted by molar-refractivity contribution is 0.0792. The molecule has 2 aliphatic heterocycles. The number of nitrogens with one attached hydrogen (secondary N) is 2. The summed E-state index contributed by atoms with van der Waals surface area (Å²) in [6.07, 6.45) is 2.11. The van der Waals surface area contributed by atoms with E-state index in [1.165, 1.54) is 0 Å². The lowest BCUT2D eigenvalue weighted by Gasteiger charge is -2.16. The van der Waals surface area contributed by atoms with Crippen molar-refractivity contribution in [2.75, 3.05) is 25.2 Å². The van der Waals surface area contributed by atoms with E-state index in [-0.39, 0.29) is 18.7 Å². The zero-order valence-electron chi connectivity index (χ0n) is 19.3. The first-order chi connectivity index (χ1) is 17.1. The van der Waals surface area contributed by atoms with E-state index in [0.29, 0.717) is 41.7 Å². The van der Waals surface area contributed by atoms with Crippen molar-refractivity contribution in [1.82, 2.24) is 10.2 Å². The minimum absolute atomic E-state index is 0.0496. The van der Waals surface area contributed by atoms with Crippen LogP contribution in [0.15, 0.2) is 66.7 Å². The second kappa shape index (κ2) is 10.4. The summed E-state index contributed by atoms with van der Waals surface area (Å²) in [4.78, 5) is 26.9. The van der Waals surface area contributed by atoms with Crippen LogP contribution in [0.5, 0.6) is 17.2 Å². The first-order valence-corrected chi connectivity index (χ1v) is 11.7. The molecule has 0 saturated carbocycles. The molecule has 0 spiro atoms. The molecule has 35 heavy (non-hydrogen) atoms. The van der Waals surface area contributed by atoms with Gasteiger partial charge in [-0.3, -0.25) is 4.79 Å². The average Bonchev–Trinajstić information content (AvgIpc) is 3.58. The third kappa shape index (κ3) is 5.66. The largest absolute Gasteiger partial charge is 0.489 e. The van der Waals surface area contributed by atoms with E-state index in [2.05, 4.69) is 10.6 Å². The summed E-state index contributed by atoms with van der Waals surface area (Å²) in [5, 5.41) is 5.70. The number of anilines is 1. The highest BCUT2D eigenvalue weighted by atomic mass is 16.7. The second-order valence-electron chi connectivity index (χ2n) is 8.51. The molecule has 8 nitrogen and oxygen atoms in total. The number of carbonyl (C=O) groups excluding carboxylic acids is 2. The summed E-state index contributed by atoms with van der Waals surface area (Å²) in [6, 6.07) is 20.0. The summed E-state index contributed by atoms with van der Waals surface area (Å²) in [6.45, 7) is 2.50. The molecular formula is C27H27N3O5. The SMILES string of the molecule is O=C(NCc1cccc(C(=O)N2CCCC2)c1)Nc1cccc(COc2ccc3c(c2)OCO3)c1. The Hall–Kier alpha value is -4.20. The third-order valence-electron chi connectivity index (χ3n) is 5.95. The highest BCUT2D eigenvalue weighted by molar-refractivity contribution is 5.94. The molecule has 3 aromatic carbocycles. The maximum absolute atomic E-state index is 12.6. The number of ether oxygens (including phenoxy) is 3. The number of fused-ring (bicyclic) bond motifs is 1. The molecule has 2 heterocycles. The van der Waals surface area contributed by atoms with Gasteiger partial charge in [-0.1, -0.05) is 24.3 Å². The minimum atomic E-state index is -0.324. The minimum Gasteiger partial charge on any atom is -0.489 e. The maximum atomic E-state index is 12.6. The fraction of sp³-hybridized carbons (Fsp3) is 0.259. The van der Waals surface area contributed by atoms with Gasteiger partial charge in [0.2, 0.25) is 6.79 Å². The van der Waals surface area contributed by atoms with Gasteiger partial charge in [-0.05, 0) is 60.4 Å². The van der Waals surface area contributed by atoms with E-state index in [9.17, 15) is 9.59 Å². The number of carbonyl (C=O) groups is 2. The molecule has 0 aliphatic carbocycles. The Kier molecular flexibility index (Phi) is 6.70. The molecular weight excluding hydrogens is 446 g/mol. The van der Waals surface area contributed by atoms with E-state index in [1.807, 2.05) is 65.6 Å². The van der Waals surface area contributed by atoms with Crippen molar-refractivity contribution >= 4 is 17.6 Å². The van der Waals surface area contributed by atoms with Gasteiger partial charge in [0.05, 0.1) is 0 Å². The zero-order chi connectivity index (χ0) is 24.0. The first kappa shape index (κ1) is 22.6. The summed E-state index contributed by atoms with van der Waals surface area (Å²) in [5.41, 5.74) is 3.10. The predicted octanol–water partition coefficient (Wildman–Crippen LogP) is 4.55. The Balaban J connectivity index is 1.12. The van der Waals surface area contributed by atoms with E-state index < -0.39 is 0 Å². The van der Waals surface area contributed by atoms with Crippen molar-refractivity contribution < 1.29 is 23.8 Å². The van der Waals surface area contributed by atoms with Gasteiger partial charge in [0.25, 0.3) is 5.91 Å². The van der Waals surface area contributed by atoms with Crippen molar-refractivity contribution in [1.29, 1.82) is 0 Å². The molecule has 3 aromatic rings. The molecule has 5 rings (SSSR count). The fourth-order valence-corrected chi connectivity index (χ4v) is 4.15. The van der Waals surface area contributed by atoms with Gasteiger partial charge in [0.1, 0.15) is 12.4 Å². The summed E-state index contributed by atoms with van der Waals surface area (Å²) < 4.78 is 16.5. The van der Waals surface area contributed by atoms with Gasteiger partial charge in [0, 0.05) is 37.0 Å². The smallest absolute Gasteiger partial charge is 0.319 e. The normalized spacial score (nSPS) is 14.0. The van der Waals surface area contributed by atoms with Gasteiger partial charge in [0.15, 0.2) is 11.5 Å². The van der Waals surface area contributed by atoms with Crippen LogP contribution >= 0.6 is 0 Å². The van der Waals surface area contributed by atoms with Crippen LogP contribution in [0.3, 0.4) is 0 Å². The fourth-order valence-electron chi connectivity index (χ4n) is 4.15. The average molecular weight is 474 g/mol. The lowest BCUT2D eigenvalue weighted by atomic mass is 10.1. The van der Waals surface area contributed by atoms with Crippen molar-refractivity contribution in [2.45, 2.75) is 26.0 Å². The number of hydrogen-bond donors (Lipinski definition) is 2. The van der Waals surface area contributed by atoms with Crippen LogP contribution in [0.4, 0.5) is 10.5 Å². The van der Waals surface area contributed by atoms with Crippen LogP contribution in [-0.2, 0) is 13.2 Å². The zero-order valence-corrected chi connectivity index (χ0v) is 19.3. The van der Waals surface area contributed by atoms with Crippen molar-refractivity contribution in [3.8, 4) is 17.2 Å². The number of urea groups is 1. The van der Waals surface area contributed by atoms with Crippen molar-refractivity contribution in [2.24, 2.45) is 0 Å². The van der Waals surface area contributed by atoms with E-state index in [1.54, 1.807) is 6.07 Å². The van der Waals surface area contributed by atoms with E-state index in [4.69, 9.17) is 14.2 Å². The van der Waals surface area contributed by atoms with Crippen molar-refractivity contribution in [3.63, 3.8) is 0 Å². The van der Waals surface area contributed by atoms with Crippen LogP contribution < -0.4 is 24.8 Å². The first-order valence-electron chi connectivity index (χ1n) is 11.7. The lowest BCUT2D eigenvalue weighted by Crippen LogP contribution is -2.29. The van der Waals surface area contributed by atoms with E-state index >= 15 is 0 Å². The molecule has 0 atom stereocenters. The third-order valence-corrected chi connectivity index (χ3v) is 5.95. The quantitative estimate of drug-likeness (QED) is 0.526. The Morgan fingerprint density at radius 1 is 0.886 bits per heavy atom. The van der Waals surface area contributed by atoms with Crippen LogP contribution in [0.2, 0.25) is 0 Å². The monoisotopic (exact) mass is 473 g/mol. The second-order valence-corrected chi connectivity index (χ2v) is 8.51. The number of benzene rings is 3. The number of likely N-dealkylation sites (tertiary alicyclic amines) is 1. The molecule has 0 bridgehead atoms. The molecule has 180 valence electrons. The predicted molar refractivity (Wildman–Crippen MR) is 131 cm³/mol. The molecule has 0 unspecified atom stereocenters. The summed E-state index contributed by atoms with van der Waals surface area (Å²) in [5.74, 6) is 2.10. The molecule has 1 saturated heterocycles. The number of hydrogen-bond acceptors (Lipinski definition) is 5. The summed E-state index contributed by atoms with van der Waals surface area (Å²) in [7, 11) is 0. The molecule has 3 amide bonds. The van der Waals surface area contributed by atoms with Gasteiger partial charge >= 0.3 is 6.03 Å². The van der Waals surface area contributed by atoms with Gasteiger partial charge in [-0.2, -0.15) is 0 Å². The highest BCUT2D eigenvalue weighted by Gasteiger charge is 2.19. The number of rotatable bonds is 7. The molecule has 1 fully saturated rings. The standard InChI is InChI=1S/C27H27N3O5/c31-26(30-11-1-2-12-30)21-7-3-5-19(13-21)16-28-27(32)29-22-8-4-6-20(14-22)17-33-23-9-10-24-25(15-23)35-18-34-24/h3-10,13-15H,1-2,11-12,16-18H2,(H2,28,29,32). The molecule has 2 aliphatic rings. The Morgan fingerprint density at radius 3 is 2.57 bits per heavy atom. The Morgan fingerprint density at radius 2 is 1.69 bits per heavy atom. The molecule has 0 aromatic heterocycles. The van der Waals surface area contributed by atoms with Crippen molar-refractivity contribution in [3.05, 3.63) is 83.4 Å². The number of amides is 3. The topological polar surface area (TPSA) is 89.1 Å². The van der Waals surface area contributed by atoms with Crippen LogP contribution in [-0.4, -0.2) is 36.7 Å². The Labute approximate surface area is 203 Å². The molecule has 0 radical (unpaired) electrons. The van der Waals surface area contributed by atoms with Crippen LogP contribution in [0.1, 0.15) is 34.3 Å². The van der Waals surface area contributed by atoms with Crippen LogP contribution in [0.25, 0.3) is 0 Å². The van der Waals surface area contributed by atoms with Gasteiger partial charge in [-0.15, -0.1) is 0 Å². The summed E-state index contributed by atoms with van der Waals surface area (Å²) >= 11 is 0. The maximum Gasteiger partial charge on any atom is 0.319 e. The van der Waals surface area contributed by atoms with Gasteiger partial charge < -0.3 is 29.7 Å². The van der Waals surface area contributed by atoms with Crippen LogP contribution in [0, 0.1) is 0 Å². The highest BCUT2D eigenvalue weighted by Crippen LogP contribution is 2.35. The number of nitrogens with zero attached hydrogens (tertiary/aromatic N) is 1. The Bertz CT molecular complexity index is 1220. The molecule has 2 N–H and O–H groups in total. The van der Waals surface area contributed by atoms with Gasteiger partial charge in [-0.25, -0.2) is 4.79 Å². The van der Waals surface area contributed by atoms with E-state index in [0.717, 1.165) is 37.1 Å².